The number of aryl methyl sites for hydroxylation is 1. The van der Waals surface area contributed by atoms with Crippen LogP contribution in [-0.2, 0) is 6.61 Å². The third-order valence-corrected chi connectivity index (χ3v) is 2.71. The van der Waals surface area contributed by atoms with Crippen LogP contribution in [0, 0.1) is 6.92 Å². The van der Waals surface area contributed by atoms with Crippen molar-refractivity contribution in [3.63, 3.8) is 0 Å². The van der Waals surface area contributed by atoms with Crippen LogP contribution in [0.2, 0.25) is 0 Å². The summed E-state index contributed by atoms with van der Waals surface area (Å²) in [5.41, 5.74) is 2.31. The van der Waals surface area contributed by atoms with Crippen LogP contribution in [-0.4, -0.2) is 28.9 Å². The van der Waals surface area contributed by atoms with Gasteiger partial charge in [0.15, 0.2) is 0 Å². The van der Waals surface area contributed by atoms with Crippen LogP contribution in [0.15, 0.2) is 18.2 Å². The van der Waals surface area contributed by atoms with E-state index in [1.807, 2.05) is 32.0 Å². The highest BCUT2D eigenvalue weighted by atomic mass is 16.3. The largest absolute Gasteiger partial charge is 0.392 e. The smallest absolute Gasteiger partial charge is 0.0765 e. The molecule has 0 saturated carbocycles. The van der Waals surface area contributed by atoms with Gasteiger partial charge in [-0.15, -0.1) is 0 Å². The minimum Gasteiger partial charge on any atom is -0.392 e. The van der Waals surface area contributed by atoms with Gasteiger partial charge in [0.2, 0.25) is 0 Å². The molecule has 0 aliphatic rings. The van der Waals surface area contributed by atoms with Crippen LogP contribution in [0.3, 0.4) is 0 Å². The first-order chi connectivity index (χ1) is 7.87. The van der Waals surface area contributed by atoms with E-state index in [0.717, 1.165) is 23.4 Å². The average Bonchev–Trinajstić information content (AvgIpc) is 2.24. The second kappa shape index (κ2) is 5.52. The lowest BCUT2D eigenvalue weighted by molar-refractivity contribution is 0.0875. The number of nitrogens with zero attached hydrogens (tertiary/aromatic N) is 1. The number of rotatable bonds is 5. The first kappa shape index (κ1) is 14.0. The number of hydrogen-bond donors (Lipinski definition) is 2. The Morgan fingerprint density at radius 3 is 2.41 bits per heavy atom. The van der Waals surface area contributed by atoms with Crippen molar-refractivity contribution in [3.05, 3.63) is 29.3 Å². The lowest BCUT2D eigenvalue weighted by Gasteiger charge is -2.31. The van der Waals surface area contributed by atoms with Crippen molar-refractivity contribution in [1.82, 2.24) is 0 Å². The van der Waals surface area contributed by atoms with E-state index in [-0.39, 0.29) is 6.61 Å². The van der Waals surface area contributed by atoms with E-state index in [1.165, 1.54) is 0 Å². The predicted molar refractivity (Wildman–Crippen MR) is 71.3 cm³/mol. The van der Waals surface area contributed by atoms with Gasteiger partial charge in [0.05, 0.1) is 12.2 Å². The molecule has 0 aliphatic heterocycles. The fraction of sp³-hybridized carbons (Fsp3) is 0.571. The number of benzene rings is 1. The van der Waals surface area contributed by atoms with Crippen LogP contribution in [0.1, 0.15) is 31.9 Å². The molecule has 0 radical (unpaired) electrons. The summed E-state index contributed by atoms with van der Waals surface area (Å²) in [6.45, 7) is 9.03. The van der Waals surface area contributed by atoms with Crippen molar-refractivity contribution in [2.45, 2.75) is 39.9 Å². The molecule has 0 saturated heterocycles. The Morgan fingerprint density at radius 2 is 1.94 bits per heavy atom. The molecule has 0 spiro atoms. The quantitative estimate of drug-likeness (QED) is 0.824. The van der Waals surface area contributed by atoms with Gasteiger partial charge in [-0.25, -0.2) is 0 Å². The van der Waals surface area contributed by atoms with Crippen molar-refractivity contribution in [2.75, 3.05) is 18.0 Å². The van der Waals surface area contributed by atoms with E-state index >= 15 is 0 Å². The molecule has 0 heterocycles. The van der Waals surface area contributed by atoms with Gasteiger partial charge in [-0.05, 0) is 33.8 Å². The summed E-state index contributed by atoms with van der Waals surface area (Å²) in [4.78, 5) is 2.09. The van der Waals surface area contributed by atoms with E-state index in [1.54, 1.807) is 13.8 Å². The summed E-state index contributed by atoms with van der Waals surface area (Å²) in [6.07, 6.45) is 0. The third-order valence-electron chi connectivity index (χ3n) is 2.71. The van der Waals surface area contributed by atoms with Crippen molar-refractivity contribution in [3.8, 4) is 0 Å². The Balaban J connectivity index is 3.03. The molecule has 17 heavy (non-hydrogen) atoms. The van der Waals surface area contributed by atoms with Crippen molar-refractivity contribution < 1.29 is 10.2 Å². The molecular weight excluding hydrogens is 214 g/mol. The zero-order valence-electron chi connectivity index (χ0n) is 11.2. The highest BCUT2D eigenvalue weighted by Gasteiger charge is 2.19. The first-order valence-electron chi connectivity index (χ1n) is 6.05. The normalized spacial score (nSPS) is 11.6. The number of aliphatic hydroxyl groups excluding tert-OH is 1. The molecule has 96 valence electrons. The molecule has 0 unspecified atom stereocenters. The molecule has 0 bridgehead atoms. The van der Waals surface area contributed by atoms with Gasteiger partial charge in [0.25, 0.3) is 0 Å². The molecule has 2 N–H and O–H groups in total. The molecule has 0 aliphatic carbocycles. The van der Waals surface area contributed by atoms with Gasteiger partial charge < -0.3 is 15.1 Å². The number of aliphatic hydroxyl groups is 2. The molecule has 0 amide bonds. The van der Waals surface area contributed by atoms with Crippen LogP contribution >= 0.6 is 0 Å². The van der Waals surface area contributed by atoms with Crippen molar-refractivity contribution >= 4 is 5.69 Å². The van der Waals surface area contributed by atoms with Gasteiger partial charge in [0.1, 0.15) is 0 Å². The zero-order chi connectivity index (χ0) is 13.1. The van der Waals surface area contributed by atoms with E-state index in [9.17, 15) is 10.2 Å². The van der Waals surface area contributed by atoms with Gasteiger partial charge in [-0.2, -0.15) is 0 Å². The topological polar surface area (TPSA) is 43.7 Å². The van der Waals surface area contributed by atoms with Crippen molar-refractivity contribution in [2.24, 2.45) is 0 Å². The molecule has 1 aromatic carbocycles. The maximum Gasteiger partial charge on any atom is 0.0765 e. The van der Waals surface area contributed by atoms with Crippen molar-refractivity contribution in [1.29, 1.82) is 0 Å². The lowest BCUT2D eigenvalue weighted by atomic mass is 10.1. The van der Waals surface area contributed by atoms with E-state index in [0.29, 0.717) is 6.54 Å². The minimum atomic E-state index is -0.742. The maximum absolute atomic E-state index is 9.89. The third kappa shape index (κ3) is 4.02. The average molecular weight is 237 g/mol. The van der Waals surface area contributed by atoms with Crippen LogP contribution in [0.5, 0.6) is 0 Å². The molecule has 0 fully saturated rings. The summed E-state index contributed by atoms with van der Waals surface area (Å²) < 4.78 is 0. The van der Waals surface area contributed by atoms with Gasteiger partial charge in [-0.3, -0.25) is 0 Å². The fourth-order valence-corrected chi connectivity index (χ4v) is 1.98. The zero-order valence-corrected chi connectivity index (χ0v) is 11.2. The summed E-state index contributed by atoms with van der Waals surface area (Å²) in [5.74, 6) is 0. The van der Waals surface area contributed by atoms with Crippen LogP contribution < -0.4 is 4.90 Å². The summed E-state index contributed by atoms with van der Waals surface area (Å²) in [6, 6.07) is 6.03. The molecule has 3 heteroatoms. The minimum absolute atomic E-state index is 0.0272. The van der Waals surface area contributed by atoms with Gasteiger partial charge in [0, 0.05) is 24.3 Å². The van der Waals surface area contributed by atoms with E-state index in [4.69, 9.17) is 0 Å². The van der Waals surface area contributed by atoms with Crippen LogP contribution in [0.25, 0.3) is 0 Å². The molecule has 3 nitrogen and oxygen atoms in total. The standard InChI is InChI=1S/C14H23NO2/c1-5-15(10-14(3,4)17)13-7-6-11(2)8-12(13)9-16/h6-8,16-17H,5,9-10H2,1-4H3. The second-order valence-corrected chi connectivity index (χ2v) is 5.12. The maximum atomic E-state index is 9.89. The van der Waals surface area contributed by atoms with E-state index in [2.05, 4.69) is 4.90 Å². The number of anilines is 1. The Hall–Kier alpha value is -1.06. The fourth-order valence-electron chi connectivity index (χ4n) is 1.98. The Kier molecular flexibility index (Phi) is 4.54. The summed E-state index contributed by atoms with van der Waals surface area (Å²) >= 11 is 0. The number of hydrogen-bond acceptors (Lipinski definition) is 3. The van der Waals surface area contributed by atoms with E-state index < -0.39 is 5.60 Å². The van der Waals surface area contributed by atoms with Gasteiger partial charge in [-0.1, -0.05) is 17.7 Å². The second-order valence-electron chi connectivity index (χ2n) is 5.12. The summed E-state index contributed by atoms with van der Waals surface area (Å²) in [5, 5.41) is 19.3. The first-order valence-corrected chi connectivity index (χ1v) is 6.05. The lowest BCUT2D eigenvalue weighted by Crippen LogP contribution is -2.39. The summed E-state index contributed by atoms with van der Waals surface area (Å²) in [7, 11) is 0. The monoisotopic (exact) mass is 237 g/mol. The molecular formula is C14H23NO2. The molecule has 0 aromatic heterocycles. The molecule has 1 aromatic rings. The Bertz CT molecular complexity index is 369. The van der Waals surface area contributed by atoms with Gasteiger partial charge >= 0.3 is 0 Å². The predicted octanol–water partition coefficient (Wildman–Crippen LogP) is 2.08. The Labute approximate surface area is 104 Å². The SMILES string of the molecule is CCN(CC(C)(C)O)c1ccc(C)cc1CO. The highest BCUT2D eigenvalue weighted by molar-refractivity contribution is 5.55. The molecule has 1 rings (SSSR count). The highest BCUT2D eigenvalue weighted by Crippen LogP contribution is 2.23. The van der Waals surface area contributed by atoms with Crippen LogP contribution in [0.4, 0.5) is 5.69 Å². The molecule has 0 atom stereocenters. The Morgan fingerprint density at radius 1 is 1.29 bits per heavy atom. The number of likely N-dealkylation sites (N-methyl/N-ethyl adjacent to an activating group) is 1.